The second kappa shape index (κ2) is 11.2. The van der Waals surface area contributed by atoms with Gasteiger partial charge < -0.3 is 15.0 Å². The molecule has 11 heteroatoms. The van der Waals surface area contributed by atoms with E-state index in [1.165, 1.54) is 18.3 Å². The van der Waals surface area contributed by atoms with Crippen molar-refractivity contribution in [1.29, 1.82) is 0 Å². The summed E-state index contributed by atoms with van der Waals surface area (Å²) in [5.41, 5.74) is 2.46. The van der Waals surface area contributed by atoms with E-state index < -0.39 is 11.7 Å². The summed E-state index contributed by atoms with van der Waals surface area (Å²) in [6, 6.07) is 8.91. The number of nitrogens with one attached hydrogen (secondary N) is 1. The molecule has 0 spiro atoms. The van der Waals surface area contributed by atoms with Crippen LogP contribution in [0, 0.1) is 5.82 Å². The Morgan fingerprint density at radius 1 is 1.26 bits per heavy atom. The third-order valence-electron chi connectivity index (χ3n) is 6.82. The molecule has 2 unspecified atom stereocenters. The zero-order valence-electron chi connectivity index (χ0n) is 21.5. The maximum atomic E-state index is 13.5. The van der Waals surface area contributed by atoms with Gasteiger partial charge in [0.2, 0.25) is 11.6 Å². The predicted octanol–water partition coefficient (Wildman–Crippen LogP) is 3.27. The number of allylic oxidation sites excluding steroid dienone is 1. The molecule has 2 atom stereocenters. The number of benzene rings is 1. The molecule has 1 aromatic carbocycles. The van der Waals surface area contributed by atoms with Crippen molar-refractivity contribution in [3.63, 3.8) is 0 Å². The summed E-state index contributed by atoms with van der Waals surface area (Å²) in [5.74, 6) is 6.54. The number of hydrogen-bond donors (Lipinski definition) is 2. The topological polar surface area (TPSA) is 122 Å². The van der Waals surface area contributed by atoms with Crippen LogP contribution in [0.25, 0.3) is 0 Å². The lowest BCUT2D eigenvalue weighted by Gasteiger charge is -2.35. The molecule has 10 nitrogen and oxygen atoms in total. The van der Waals surface area contributed by atoms with E-state index >= 15 is 0 Å². The molecule has 2 aromatic rings. The number of amides is 2. The fraction of sp³-hybridized carbons (Fsp3) is 0.250. The average molecular weight is 531 g/mol. The van der Waals surface area contributed by atoms with Crippen molar-refractivity contribution in [3.05, 3.63) is 95.5 Å². The third kappa shape index (κ3) is 5.32. The monoisotopic (exact) mass is 530 g/mol. The van der Waals surface area contributed by atoms with Gasteiger partial charge in [-0.15, -0.1) is 4.59 Å². The van der Waals surface area contributed by atoms with Gasteiger partial charge in [0, 0.05) is 37.6 Å². The highest BCUT2D eigenvalue weighted by atomic mass is 19.1. The normalized spacial score (nSPS) is 22.3. The number of aliphatic imine (C=N–C) groups is 2. The van der Waals surface area contributed by atoms with Gasteiger partial charge in [0.25, 0.3) is 11.7 Å². The number of carbonyl (C=O) groups excluding carboxylic acids is 2. The van der Waals surface area contributed by atoms with Gasteiger partial charge in [0.15, 0.2) is 0 Å². The minimum absolute atomic E-state index is 0.102. The zero-order chi connectivity index (χ0) is 27.4. The van der Waals surface area contributed by atoms with Crippen molar-refractivity contribution in [1.82, 2.24) is 9.88 Å². The number of pyridine rings is 1. The lowest BCUT2D eigenvalue weighted by Crippen LogP contribution is -2.53. The van der Waals surface area contributed by atoms with Crippen molar-refractivity contribution >= 4 is 29.7 Å². The van der Waals surface area contributed by atoms with Crippen molar-refractivity contribution < 1.29 is 23.3 Å². The van der Waals surface area contributed by atoms with E-state index in [1.54, 1.807) is 56.1 Å². The fourth-order valence-electron chi connectivity index (χ4n) is 4.90. The summed E-state index contributed by atoms with van der Waals surface area (Å²) in [4.78, 5) is 40.8. The van der Waals surface area contributed by atoms with Crippen LogP contribution in [0.1, 0.15) is 35.2 Å². The number of anilines is 1. The molecule has 3 aliphatic rings. The molecule has 0 saturated carbocycles. The number of carbonyl (C=O) groups is 2. The number of methoxy groups -OCH3 is 1. The number of ether oxygens (including phenoxy) is 1. The molecule has 1 aromatic heterocycles. The summed E-state index contributed by atoms with van der Waals surface area (Å²) in [7, 11) is 1.58. The summed E-state index contributed by atoms with van der Waals surface area (Å²) < 4.78 is 18.3. The van der Waals surface area contributed by atoms with E-state index in [4.69, 9.17) is 15.6 Å². The molecule has 1 fully saturated rings. The summed E-state index contributed by atoms with van der Waals surface area (Å²) >= 11 is 0. The highest BCUT2D eigenvalue weighted by Gasteiger charge is 2.47. The van der Waals surface area contributed by atoms with Crippen LogP contribution in [-0.4, -0.2) is 64.6 Å². The van der Waals surface area contributed by atoms with Crippen LogP contribution >= 0.6 is 0 Å². The number of hydrogen-bond acceptors (Lipinski definition) is 7. The second-order valence-corrected chi connectivity index (χ2v) is 9.35. The number of aromatic nitrogens is 1. The Morgan fingerprint density at radius 2 is 2.08 bits per heavy atom. The van der Waals surface area contributed by atoms with Gasteiger partial charge in [-0.1, -0.05) is 6.08 Å². The smallest absolute Gasteiger partial charge is 0.264 e. The Morgan fingerprint density at radius 3 is 2.85 bits per heavy atom. The molecule has 0 aliphatic carbocycles. The van der Waals surface area contributed by atoms with E-state index in [1.807, 2.05) is 4.90 Å². The quantitative estimate of drug-likeness (QED) is 0.323. The first-order valence-electron chi connectivity index (χ1n) is 12.6. The Hall–Kier alpha value is -4.32. The number of nitrogens with two attached hydrogens (primary N) is 1. The second-order valence-electron chi connectivity index (χ2n) is 9.35. The van der Waals surface area contributed by atoms with Crippen LogP contribution in [0.2, 0.25) is 0 Å². The van der Waals surface area contributed by atoms with Crippen molar-refractivity contribution in [2.24, 2.45) is 15.8 Å². The van der Waals surface area contributed by atoms with Crippen molar-refractivity contribution in [2.75, 3.05) is 25.6 Å². The van der Waals surface area contributed by atoms with Crippen LogP contribution in [0.4, 0.5) is 10.2 Å². The van der Waals surface area contributed by atoms with Crippen LogP contribution in [0.5, 0.6) is 0 Å². The molecule has 1 saturated heterocycles. The number of halogens is 1. The van der Waals surface area contributed by atoms with E-state index in [2.05, 4.69) is 15.3 Å². The molecule has 2 amide bonds. The molecule has 0 radical (unpaired) electrons. The summed E-state index contributed by atoms with van der Waals surface area (Å²) in [6.45, 7) is 0.970. The lowest BCUT2D eigenvalue weighted by atomic mass is 9.98. The van der Waals surface area contributed by atoms with Crippen LogP contribution in [0.15, 0.2) is 88.5 Å². The summed E-state index contributed by atoms with van der Waals surface area (Å²) in [6.07, 6.45) is 12.2. The predicted molar refractivity (Wildman–Crippen MR) is 145 cm³/mol. The van der Waals surface area contributed by atoms with Crippen molar-refractivity contribution in [2.45, 2.75) is 25.3 Å². The van der Waals surface area contributed by atoms with Crippen LogP contribution in [-0.2, 0) is 9.53 Å². The largest absolute Gasteiger partial charge is 0.381 e. The molecule has 4 heterocycles. The van der Waals surface area contributed by atoms with Crippen LogP contribution < -0.4 is 11.2 Å². The molecular weight excluding hydrogens is 501 g/mol. The van der Waals surface area contributed by atoms with Gasteiger partial charge in [0.05, 0.1) is 30.6 Å². The number of rotatable bonds is 7. The van der Waals surface area contributed by atoms with Gasteiger partial charge in [0.1, 0.15) is 23.5 Å². The average Bonchev–Trinajstić information content (AvgIpc) is 3.26. The van der Waals surface area contributed by atoms with E-state index in [0.29, 0.717) is 41.5 Å². The van der Waals surface area contributed by atoms with Gasteiger partial charge >= 0.3 is 0 Å². The van der Waals surface area contributed by atoms with E-state index in [9.17, 15) is 14.0 Å². The standard InChI is InChI=1S/C28H28FN7O3/c1-39-16-4-6-25(37)35-14-3-2-5-22(35)26-23-18-31-13-15-36(23,30)27(34-26)19-7-9-20(10-8-19)28(38)33-24-17-21(29)11-12-32-24/h4,6-13,15,17-18,22H,2-3,5,14,16,30H2,1H3/p+1. The number of amidine groups is 1. The Bertz CT molecular complexity index is 1430. The third-order valence-corrected chi connectivity index (χ3v) is 6.82. The molecule has 5 rings (SSSR count). The van der Waals surface area contributed by atoms with Gasteiger partial charge in [-0.05, 0) is 49.6 Å². The SMILES string of the molecule is COCC=CC(=O)N1CCCCC1C1=C2C=NC=C[N+]2(N)C(c2ccc(C(=O)Nc3cc(F)ccn3)cc2)=N1. The molecular formula is C28H29FN7O3+. The minimum Gasteiger partial charge on any atom is -0.381 e. The number of nitrogens with zero attached hydrogens (tertiary/aromatic N) is 5. The number of quaternary nitrogens is 1. The molecule has 3 N–H and O–H groups in total. The molecule has 0 bridgehead atoms. The number of fused-ring (bicyclic) bond motifs is 1. The first kappa shape index (κ1) is 26.3. The fourth-order valence-corrected chi connectivity index (χ4v) is 4.90. The van der Waals surface area contributed by atoms with Crippen molar-refractivity contribution in [3.8, 4) is 0 Å². The zero-order valence-corrected chi connectivity index (χ0v) is 21.5. The molecule has 3 aliphatic heterocycles. The van der Waals surface area contributed by atoms with Gasteiger partial charge in [-0.2, -0.15) is 10.8 Å². The Labute approximate surface area is 225 Å². The maximum Gasteiger partial charge on any atom is 0.264 e. The highest BCUT2D eigenvalue weighted by Crippen LogP contribution is 2.36. The summed E-state index contributed by atoms with van der Waals surface area (Å²) in [5, 5.41) is 2.59. The number of piperidine rings is 1. The van der Waals surface area contributed by atoms with Crippen LogP contribution in [0.3, 0.4) is 0 Å². The first-order chi connectivity index (χ1) is 18.9. The Balaban J connectivity index is 1.43. The minimum atomic E-state index is -0.492. The lowest BCUT2D eigenvalue weighted by molar-refractivity contribution is -0.750. The van der Waals surface area contributed by atoms with Gasteiger partial charge in [-0.25, -0.2) is 9.37 Å². The number of likely N-dealkylation sites (tertiary alicyclic amines) is 1. The molecule has 39 heavy (non-hydrogen) atoms. The van der Waals surface area contributed by atoms with E-state index in [0.717, 1.165) is 25.3 Å². The first-order valence-corrected chi connectivity index (χ1v) is 12.6. The molecule has 200 valence electrons. The highest BCUT2D eigenvalue weighted by molar-refractivity contribution is 6.05. The van der Waals surface area contributed by atoms with E-state index in [-0.39, 0.29) is 22.4 Å². The van der Waals surface area contributed by atoms with Gasteiger partial charge in [-0.3, -0.25) is 14.6 Å². The maximum absolute atomic E-state index is 13.5. The Kier molecular flexibility index (Phi) is 7.55.